The minimum Gasteiger partial charge on any atom is -0.461 e. The fraction of sp³-hybridized carbons (Fsp3) is 0.667. The molecule has 0 saturated heterocycles. The number of hydrogen-bond acceptors (Lipinski definition) is 5. The van der Waals surface area contributed by atoms with Crippen molar-refractivity contribution < 1.29 is 17.9 Å². The van der Waals surface area contributed by atoms with Crippen LogP contribution in [-0.2, 0) is 14.8 Å². The van der Waals surface area contributed by atoms with Gasteiger partial charge in [0.05, 0.1) is 12.3 Å². The van der Waals surface area contributed by atoms with E-state index in [9.17, 15) is 13.2 Å². The Bertz CT molecular complexity index is 588. The third kappa shape index (κ3) is 3.37. The van der Waals surface area contributed by atoms with Crippen LogP contribution < -0.4 is 5.14 Å². The molecule has 7 nitrogen and oxygen atoms in total. The Labute approximate surface area is 117 Å². The molecule has 1 heterocycles. The van der Waals surface area contributed by atoms with E-state index in [0.717, 1.165) is 25.7 Å². The molecule has 0 unspecified atom stereocenters. The lowest BCUT2D eigenvalue weighted by Gasteiger charge is -2.20. The number of nitrogens with two attached hydrogens (primary N) is 1. The van der Waals surface area contributed by atoms with Crippen LogP contribution in [0, 0.1) is 12.8 Å². The molecule has 0 amide bonds. The summed E-state index contributed by atoms with van der Waals surface area (Å²) in [5.74, 6) is -0.394. The summed E-state index contributed by atoms with van der Waals surface area (Å²) >= 11 is 0. The van der Waals surface area contributed by atoms with E-state index in [1.54, 1.807) is 0 Å². The molecule has 8 heteroatoms. The van der Waals surface area contributed by atoms with Gasteiger partial charge in [-0.05, 0) is 25.7 Å². The summed E-state index contributed by atoms with van der Waals surface area (Å²) in [6, 6.07) is 0. The molecule has 1 saturated carbocycles. The third-order valence-corrected chi connectivity index (χ3v) is 4.61. The number of carbonyl (C=O) groups is 1. The Morgan fingerprint density at radius 3 is 2.65 bits per heavy atom. The van der Waals surface area contributed by atoms with Crippen molar-refractivity contribution >= 4 is 16.0 Å². The van der Waals surface area contributed by atoms with Gasteiger partial charge in [-0.3, -0.25) is 5.10 Å². The Morgan fingerprint density at radius 2 is 2.05 bits per heavy atom. The minimum absolute atomic E-state index is 0.233. The number of sulfonamides is 1. The quantitative estimate of drug-likeness (QED) is 0.808. The van der Waals surface area contributed by atoms with Crippen molar-refractivity contribution in [3.05, 3.63) is 11.4 Å². The highest BCUT2D eigenvalue weighted by molar-refractivity contribution is 7.89. The predicted octanol–water partition coefficient (Wildman–Crippen LogP) is 1.10. The first-order valence-electron chi connectivity index (χ1n) is 6.64. The van der Waals surface area contributed by atoms with Crippen molar-refractivity contribution in [1.82, 2.24) is 10.2 Å². The molecular weight excluding hydrogens is 282 g/mol. The highest BCUT2D eigenvalue weighted by Crippen LogP contribution is 2.24. The Hall–Kier alpha value is -1.41. The van der Waals surface area contributed by atoms with E-state index in [0.29, 0.717) is 12.5 Å². The van der Waals surface area contributed by atoms with Gasteiger partial charge in [-0.1, -0.05) is 19.3 Å². The van der Waals surface area contributed by atoms with Crippen LogP contribution in [0.15, 0.2) is 4.90 Å². The monoisotopic (exact) mass is 301 g/mol. The van der Waals surface area contributed by atoms with E-state index in [2.05, 4.69) is 10.2 Å². The van der Waals surface area contributed by atoms with Crippen LogP contribution in [0.5, 0.6) is 0 Å². The summed E-state index contributed by atoms with van der Waals surface area (Å²) in [5.41, 5.74) is -0.0297. The lowest BCUT2D eigenvalue weighted by atomic mass is 9.90. The summed E-state index contributed by atoms with van der Waals surface area (Å²) in [7, 11) is -4.00. The second kappa shape index (κ2) is 5.92. The van der Waals surface area contributed by atoms with Crippen LogP contribution in [0.4, 0.5) is 0 Å². The standard InChI is InChI=1S/C12H19N3O4S/c1-8-11(20(13,17)18)10(15-14-8)12(16)19-7-9-5-3-2-4-6-9/h9H,2-7H2,1H3,(H,14,15)(H2,13,17,18). The van der Waals surface area contributed by atoms with Gasteiger partial charge in [0.1, 0.15) is 4.90 Å². The Balaban J connectivity index is 2.06. The minimum atomic E-state index is -4.00. The molecule has 112 valence electrons. The summed E-state index contributed by atoms with van der Waals surface area (Å²) < 4.78 is 28.1. The average molecular weight is 301 g/mol. The lowest BCUT2D eigenvalue weighted by molar-refractivity contribution is 0.0399. The molecule has 1 aliphatic carbocycles. The summed E-state index contributed by atoms with van der Waals surface area (Å²) in [4.78, 5) is 11.7. The molecule has 2 rings (SSSR count). The van der Waals surface area contributed by atoms with E-state index in [1.165, 1.54) is 13.3 Å². The fourth-order valence-corrected chi connectivity index (χ4v) is 3.39. The first kappa shape index (κ1) is 15.0. The summed E-state index contributed by atoms with van der Waals surface area (Å²) in [5, 5.41) is 11.2. The number of primary sulfonamides is 1. The molecular formula is C12H19N3O4S. The van der Waals surface area contributed by atoms with Crippen LogP contribution in [-0.4, -0.2) is 31.2 Å². The highest BCUT2D eigenvalue weighted by Gasteiger charge is 2.27. The predicted molar refractivity (Wildman–Crippen MR) is 71.6 cm³/mol. The van der Waals surface area contributed by atoms with Crippen molar-refractivity contribution in [3.63, 3.8) is 0 Å². The molecule has 1 aromatic heterocycles. The number of carbonyl (C=O) groups excluding carboxylic acids is 1. The Morgan fingerprint density at radius 1 is 1.40 bits per heavy atom. The number of aryl methyl sites for hydroxylation is 1. The van der Waals surface area contributed by atoms with E-state index in [4.69, 9.17) is 9.88 Å². The normalized spacial score (nSPS) is 17.1. The first-order valence-corrected chi connectivity index (χ1v) is 8.19. The van der Waals surface area contributed by atoms with Crippen molar-refractivity contribution in [3.8, 4) is 0 Å². The van der Waals surface area contributed by atoms with Crippen LogP contribution in [0.2, 0.25) is 0 Å². The summed E-state index contributed by atoms with van der Waals surface area (Å²) in [6.07, 6.45) is 5.58. The second-order valence-corrected chi connectivity index (χ2v) is 6.67. The first-order chi connectivity index (χ1) is 9.39. The molecule has 20 heavy (non-hydrogen) atoms. The number of nitrogens with zero attached hydrogens (tertiary/aromatic N) is 1. The molecule has 3 N–H and O–H groups in total. The average Bonchev–Trinajstić information content (AvgIpc) is 2.79. The molecule has 0 spiro atoms. The van der Waals surface area contributed by atoms with Crippen molar-refractivity contribution in [2.24, 2.45) is 11.1 Å². The number of ether oxygens (including phenoxy) is 1. The number of aromatic nitrogens is 2. The smallest absolute Gasteiger partial charge is 0.360 e. The maximum absolute atomic E-state index is 11.9. The second-order valence-electron chi connectivity index (χ2n) is 5.17. The maximum Gasteiger partial charge on any atom is 0.360 e. The molecule has 1 aliphatic rings. The number of hydrogen-bond donors (Lipinski definition) is 2. The number of H-pyrrole nitrogens is 1. The van der Waals surface area contributed by atoms with Gasteiger partial charge >= 0.3 is 5.97 Å². The van der Waals surface area contributed by atoms with Gasteiger partial charge in [0, 0.05) is 0 Å². The number of aromatic amines is 1. The zero-order valence-electron chi connectivity index (χ0n) is 11.4. The SMILES string of the molecule is Cc1[nH]nc(C(=O)OCC2CCCCC2)c1S(N)(=O)=O. The van der Waals surface area contributed by atoms with Crippen LogP contribution in [0.1, 0.15) is 48.3 Å². The number of esters is 1. The fourth-order valence-electron chi connectivity index (χ4n) is 2.52. The van der Waals surface area contributed by atoms with Gasteiger partial charge < -0.3 is 4.74 Å². The summed E-state index contributed by atoms with van der Waals surface area (Å²) in [6.45, 7) is 1.79. The molecule has 1 fully saturated rings. The largest absolute Gasteiger partial charge is 0.461 e. The van der Waals surface area contributed by atoms with Crippen molar-refractivity contribution in [2.75, 3.05) is 6.61 Å². The number of nitrogens with one attached hydrogen (secondary N) is 1. The van der Waals surface area contributed by atoms with E-state index < -0.39 is 16.0 Å². The van der Waals surface area contributed by atoms with Crippen molar-refractivity contribution in [2.45, 2.75) is 43.9 Å². The lowest BCUT2D eigenvalue weighted by Crippen LogP contribution is -2.20. The van der Waals surface area contributed by atoms with Gasteiger partial charge in [0.15, 0.2) is 5.69 Å². The van der Waals surface area contributed by atoms with Gasteiger partial charge in [0.25, 0.3) is 0 Å². The molecule has 0 radical (unpaired) electrons. The van der Waals surface area contributed by atoms with E-state index in [1.807, 2.05) is 0 Å². The third-order valence-electron chi connectivity index (χ3n) is 3.54. The topological polar surface area (TPSA) is 115 Å². The zero-order valence-corrected chi connectivity index (χ0v) is 12.2. The van der Waals surface area contributed by atoms with E-state index in [-0.39, 0.29) is 16.3 Å². The van der Waals surface area contributed by atoms with Crippen LogP contribution in [0.25, 0.3) is 0 Å². The maximum atomic E-state index is 11.9. The van der Waals surface area contributed by atoms with Gasteiger partial charge in [-0.15, -0.1) is 0 Å². The highest BCUT2D eigenvalue weighted by atomic mass is 32.2. The molecule has 1 aromatic rings. The van der Waals surface area contributed by atoms with Gasteiger partial charge in [-0.25, -0.2) is 18.4 Å². The van der Waals surface area contributed by atoms with Gasteiger partial charge in [-0.2, -0.15) is 5.10 Å². The van der Waals surface area contributed by atoms with E-state index >= 15 is 0 Å². The van der Waals surface area contributed by atoms with Gasteiger partial charge in [0.2, 0.25) is 10.0 Å². The molecule has 0 aliphatic heterocycles. The number of rotatable bonds is 4. The zero-order chi connectivity index (χ0) is 14.8. The van der Waals surface area contributed by atoms with Crippen LogP contribution >= 0.6 is 0 Å². The Kier molecular flexibility index (Phi) is 4.44. The van der Waals surface area contributed by atoms with Crippen molar-refractivity contribution in [1.29, 1.82) is 0 Å². The molecule has 0 aromatic carbocycles. The molecule has 0 bridgehead atoms. The molecule has 0 atom stereocenters. The van der Waals surface area contributed by atoms with Crippen LogP contribution in [0.3, 0.4) is 0 Å².